The van der Waals surface area contributed by atoms with Gasteiger partial charge >= 0.3 is 6.18 Å². The number of rotatable bonds is 6. The monoisotopic (exact) mass is 296 g/mol. The van der Waals surface area contributed by atoms with Gasteiger partial charge in [-0.3, -0.25) is 0 Å². The van der Waals surface area contributed by atoms with Gasteiger partial charge in [0, 0.05) is 13.1 Å². The highest BCUT2D eigenvalue weighted by atomic mass is 32.2. The van der Waals surface area contributed by atoms with Gasteiger partial charge in [-0.15, -0.1) is 0 Å². The third-order valence-electron chi connectivity index (χ3n) is 2.47. The highest BCUT2D eigenvalue weighted by Gasteiger charge is 2.29. The Kier molecular flexibility index (Phi) is 5.33. The summed E-state index contributed by atoms with van der Waals surface area (Å²) in [5.41, 5.74) is -0.0381. The minimum atomic E-state index is -4.34. The minimum absolute atomic E-state index is 0.0792. The molecule has 2 N–H and O–H groups in total. The molecule has 4 nitrogen and oxygen atoms in total. The van der Waals surface area contributed by atoms with E-state index in [4.69, 9.17) is 0 Å². The Morgan fingerprint density at radius 2 is 1.74 bits per heavy atom. The quantitative estimate of drug-likeness (QED) is 0.779. The van der Waals surface area contributed by atoms with Crippen LogP contribution in [0.1, 0.15) is 11.1 Å². The zero-order valence-electron chi connectivity index (χ0n) is 10.3. The SMILES string of the molecule is CNS(=O)(=O)CCNCc1ccc(C(F)(F)F)cc1. The van der Waals surface area contributed by atoms with Crippen LogP contribution in [0, 0.1) is 0 Å². The molecule has 0 heterocycles. The molecule has 0 aromatic heterocycles. The van der Waals surface area contributed by atoms with Crippen LogP contribution in [-0.2, 0) is 22.7 Å². The van der Waals surface area contributed by atoms with Crippen molar-refractivity contribution in [2.24, 2.45) is 0 Å². The lowest BCUT2D eigenvalue weighted by Gasteiger charge is -2.08. The molecule has 0 aliphatic rings. The first kappa shape index (κ1) is 15.9. The minimum Gasteiger partial charge on any atom is -0.312 e. The van der Waals surface area contributed by atoms with E-state index in [1.54, 1.807) is 0 Å². The van der Waals surface area contributed by atoms with Gasteiger partial charge < -0.3 is 5.32 Å². The standard InChI is InChI=1S/C11H15F3N2O2S/c1-15-19(17,18)7-6-16-8-9-2-4-10(5-3-9)11(12,13)14/h2-5,15-16H,6-8H2,1H3. The number of halogens is 3. The zero-order chi connectivity index (χ0) is 14.5. The Morgan fingerprint density at radius 1 is 1.16 bits per heavy atom. The number of nitrogens with one attached hydrogen (secondary N) is 2. The van der Waals surface area contributed by atoms with Crippen molar-refractivity contribution >= 4 is 10.0 Å². The molecule has 0 radical (unpaired) electrons. The molecule has 0 spiro atoms. The van der Waals surface area contributed by atoms with E-state index >= 15 is 0 Å². The van der Waals surface area contributed by atoms with Crippen LogP contribution in [0.3, 0.4) is 0 Å². The Hall–Kier alpha value is -1.12. The third-order valence-corrected chi connectivity index (χ3v) is 3.83. The molecule has 0 unspecified atom stereocenters. The van der Waals surface area contributed by atoms with Crippen LogP contribution in [0.5, 0.6) is 0 Å². The van der Waals surface area contributed by atoms with Crippen molar-refractivity contribution in [3.8, 4) is 0 Å². The molecule has 0 bridgehead atoms. The highest BCUT2D eigenvalue weighted by Crippen LogP contribution is 2.28. The average Bonchev–Trinajstić information content (AvgIpc) is 2.34. The number of hydrogen-bond acceptors (Lipinski definition) is 3. The van der Waals surface area contributed by atoms with Gasteiger partial charge in [0.2, 0.25) is 10.0 Å². The summed E-state index contributed by atoms with van der Waals surface area (Å²) in [6, 6.07) is 4.73. The summed E-state index contributed by atoms with van der Waals surface area (Å²) >= 11 is 0. The first-order valence-electron chi connectivity index (χ1n) is 5.53. The Balaban J connectivity index is 2.43. The number of hydrogen-bond donors (Lipinski definition) is 2. The predicted molar refractivity (Wildman–Crippen MR) is 66.0 cm³/mol. The van der Waals surface area contributed by atoms with E-state index in [0.29, 0.717) is 12.1 Å². The van der Waals surface area contributed by atoms with Crippen molar-refractivity contribution in [1.82, 2.24) is 10.0 Å². The predicted octanol–water partition coefficient (Wildman–Crippen LogP) is 1.34. The maximum atomic E-state index is 12.3. The summed E-state index contributed by atoms with van der Waals surface area (Å²) in [4.78, 5) is 0. The molecule has 1 aromatic rings. The summed E-state index contributed by atoms with van der Waals surface area (Å²) < 4.78 is 61.3. The number of alkyl halides is 3. The van der Waals surface area contributed by atoms with Crippen molar-refractivity contribution in [2.75, 3.05) is 19.3 Å². The van der Waals surface area contributed by atoms with E-state index in [-0.39, 0.29) is 12.3 Å². The summed E-state index contributed by atoms with van der Waals surface area (Å²) in [5, 5.41) is 2.85. The first-order valence-corrected chi connectivity index (χ1v) is 7.18. The van der Waals surface area contributed by atoms with E-state index in [9.17, 15) is 21.6 Å². The summed E-state index contributed by atoms with van der Waals surface area (Å²) in [6.07, 6.45) is -4.34. The molecule has 0 aliphatic heterocycles. The lowest BCUT2D eigenvalue weighted by atomic mass is 10.1. The third kappa shape index (κ3) is 5.58. The molecule has 0 fully saturated rings. The van der Waals surface area contributed by atoms with Gasteiger partial charge in [0.05, 0.1) is 11.3 Å². The second kappa shape index (κ2) is 6.36. The van der Waals surface area contributed by atoms with Crippen molar-refractivity contribution in [3.05, 3.63) is 35.4 Å². The van der Waals surface area contributed by atoms with Gasteiger partial charge in [-0.1, -0.05) is 12.1 Å². The molecule has 8 heteroatoms. The topological polar surface area (TPSA) is 58.2 Å². The van der Waals surface area contributed by atoms with Crippen LogP contribution >= 0.6 is 0 Å². The lowest BCUT2D eigenvalue weighted by molar-refractivity contribution is -0.137. The molecule has 19 heavy (non-hydrogen) atoms. The largest absolute Gasteiger partial charge is 0.416 e. The smallest absolute Gasteiger partial charge is 0.312 e. The molecule has 0 saturated heterocycles. The van der Waals surface area contributed by atoms with Gasteiger partial charge in [-0.2, -0.15) is 13.2 Å². The van der Waals surface area contributed by atoms with Gasteiger partial charge in [0.1, 0.15) is 0 Å². The van der Waals surface area contributed by atoms with Crippen LogP contribution in [-0.4, -0.2) is 27.8 Å². The Morgan fingerprint density at radius 3 is 2.21 bits per heavy atom. The van der Waals surface area contributed by atoms with Crippen LogP contribution in [0.4, 0.5) is 13.2 Å². The van der Waals surface area contributed by atoms with Crippen molar-refractivity contribution in [3.63, 3.8) is 0 Å². The van der Waals surface area contributed by atoms with Crippen LogP contribution < -0.4 is 10.0 Å². The molecule has 108 valence electrons. The Labute approximate surface area is 110 Å². The normalized spacial score (nSPS) is 12.6. The molecule has 0 saturated carbocycles. The Bertz CT molecular complexity index is 498. The summed E-state index contributed by atoms with van der Waals surface area (Å²) in [7, 11) is -1.94. The molecule has 0 amide bonds. The van der Waals surface area contributed by atoms with Crippen molar-refractivity contribution in [1.29, 1.82) is 0 Å². The molecule has 0 atom stereocenters. The van der Waals surface area contributed by atoms with E-state index < -0.39 is 21.8 Å². The molecular weight excluding hydrogens is 281 g/mol. The molecule has 0 aliphatic carbocycles. The number of benzene rings is 1. The van der Waals surface area contributed by atoms with Gasteiger partial charge in [-0.05, 0) is 24.7 Å². The fraction of sp³-hybridized carbons (Fsp3) is 0.455. The fourth-order valence-corrected chi connectivity index (χ4v) is 1.97. The van der Waals surface area contributed by atoms with E-state index in [0.717, 1.165) is 12.1 Å². The van der Waals surface area contributed by atoms with Gasteiger partial charge in [0.15, 0.2) is 0 Å². The number of sulfonamides is 1. The maximum absolute atomic E-state index is 12.3. The van der Waals surface area contributed by atoms with Gasteiger partial charge in [0.25, 0.3) is 0 Å². The molecule has 1 aromatic carbocycles. The maximum Gasteiger partial charge on any atom is 0.416 e. The zero-order valence-corrected chi connectivity index (χ0v) is 11.1. The van der Waals surface area contributed by atoms with Gasteiger partial charge in [-0.25, -0.2) is 13.1 Å². The second-order valence-electron chi connectivity index (χ2n) is 3.89. The summed E-state index contributed by atoms with van der Waals surface area (Å²) in [5.74, 6) is -0.0792. The van der Waals surface area contributed by atoms with Crippen LogP contribution in [0.25, 0.3) is 0 Å². The second-order valence-corrected chi connectivity index (χ2v) is 5.94. The first-order chi connectivity index (χ1) is 8.74. The van der Waals surface area contributed by atoms with E-state index in [1.165, 1.54) is 19.2 Å². The molecular formula is C11H15F3N2O2S. The lowest BCUT2D eigenvalue weighted by Crippen LogP contribution is -2.29. The van der Waals surface area contributed by atoms with Crippen LogP contribution in [0.15, 0.2) is 24.3 Å². The average molecular weight is 296 g/mol. The molecule has 1 rings (SSSR count). The fourth-order valence-electron chi connectivity index (χ4n) is 1.35. The summed E-state index contributed by atoms with van der Waals surface area (Å²) in [6.45, 7) is 0.543. The van der Waals surface area contributed by atoms with Crippen LogP contribution in [0.2, 0.25) is 0 Å². The van der Waals surface area contributed by atoms with E-state index in [1.807, 2.05) is 0 Å². The van der Waals surface area contributed by atoms with E-state index in [2.05, 4.69) is 10.0 Å². The highest BCUT2D eigenvalue weighted by molar-refractivity contribution is 7.89. The van der Waals surface area contributed by atoms with Crippen molar-refractivity contribution in [2.45, 2.75) is 12.7 Å². The van der Waals surface area contributed by atoms with Crippen molar-refractivity contribution < 1.29 is 21.6 Å².